The van der Waals surface area contributed by atoms with Crippen molar-refractivity contribution in [2.24, 2.45) is 0 Å². The Labute approximate surface area is 128 Å². The van der Waals surface area contributed by atoms with Crippen LogP contribution in [0.2, 0.25) is 0 Å². The van der Waals surface area contributed by atoms with Gasteiger partial charge in [-0.15, -0.1) is 0 Å². The number of pyridine rings is 1. The van der Waals surface area contributed by atoms with Gasteiger partial charge in [0.15, 0.2) is 0 Å². The number of halogens is 1. The molecule has 0 fully saturated rings. The predicted octanol–water partition coefficient (Wildman–Crippen LogP) is 3.87. The van der Waals surface area contributed by atoms with E-state index in [2.05, 4.69) is 44.9 Å². The maximum atomic E-state index is 9.35. The van der Waals surface area contributed by atoms with Crippen LogP contribution in [0.3, 0.4) is 0 Å². The van der Waals surface area contributed by atoms with E-state index in [4.69, 9.17) is 0 Å². The molecule has 20 heavy (non-hydrogen) atoms. The summed E-state index contributed by atoms with van der Waals surface area (Å²) >= 11 is 3.42. The quantitative estimate of drug-likeness (QED) is 0.781. The third-order valence-electron chi connectivity index (χ3n) is 3.18. The average molecular weight is 330 g/mol. The first-order valence-electron chi connectivity index (χ1n) is 6.51. The molecule has 0 spiro atoms. The van der Waals surface area contributed by atoms with Crippen LogP contribution in [0.5, 0.6) is 0 Å². The zero-order chi connectivity index (χ0) is 14.4. The van der Waals surface area contributed by atoms with Gasteiger partial charge in [0, 0.05) is 30.8 Å². The van der Waals surface area contributed by atoms with E-state index in [1.165, 1.54) is 5.56 Å². The molecule has 0 N–H and O–H groups in total. The van der Waals surface area contributed by atoms with Crippen LogP contribution in [0.25, 0.3) is 0 Å². The zero-order valence-corrected chi connectivity index (χ0v) is 13.0. The standard InChI is InChI=1S/C16H16BrN3/c1-2-20(12-13-5-7-19-8-6-13)16-4-3-14(10-17)9-15(16)11-18/h3-9H,2,10,12H2,1H3. The fourth-order valence-electron chi connectivity index (χ4n) is 2.11. The molecule has 0 radical (unpaired) electrons. The molecular weight excluding hydrogens is 314 g/mol. The monoisotopic (exact) mass is 329 g/mol. The number of nitriles is 1. The lowest BCUT2D eigenvalue weighted by atomic mass is 10.1. The maximum Gasteiger partial charge on any atom is 0.101 e. The van der Waals surface area contributed by atoms with Gasteiger partial charge >= 0.3 is 0 Å². The lowest BCUT2D eigenvalue weighted by Crippen LogP contribution is -2.23. The molecule has 2 aromatic rings. The molecule has 0 unspecified atom stereocenters. The second-order valence-corrected chi connectivity index (χ2v) is 5.03. The molecular formula is C16H16BrN3. The summed E-state index contributed by atoms with van der Waals surface area (Å²) in [4.78, 5) is 6.23. The molecule has 0 aliphatic carbocycles. The minimum atomic E-state index is 0.720. The lowest BCUT2D eigenvalue weighted by Gasteiger charge is -2.24. The summed E-state index contributed by atoms with van der Waals surface area (Å²) in [6.45, 7) is 3.73. The Hall–Kier alpha value is -1.86. The number of hydrogen-bond acceptors (Lipinski definition) is 3. The van der Waals surface area contributed by atoms with Crippen molar-refractivity contribution in [2.45, 2.75) is 18.8 Å². The first-order valence-corrected chi connectivity index (χ1v) is 7.63. The highest BCUT2D eigenvalue weighted by molar-refractivity contribution is 9.08. The van der Waals surface area contributed by atoms with Crippen LogP contribution < -0.4 is 4.90 Å². The summed E-state index contributed by atoms with van der Waals surface area (Å²) in [6, 6.07) is 12.3. The van der Waals surface area contributed by atoms with Crippen molar-refractivity contribution in [3.63, 3.8) is 0 Å². The van der Waals surface area contributed by atoms with Gasteiger partial charge in [-0.25, -0.2) is 0 Å². The van der Waals surface area contributed by atoms with E-state index in [1.807, 2.05) is 24.3 Å². The summed E-state index contributed by atoms with van der Waals surface area (Å²) in [5.41, 5.74) is 4.01. The van der Waals surface area contributed by atoms with Crippen LogP contribution in [0.15, 0.2) is 42.7 Å². The van der Waals surface area contributed by atoms with Gasteiger partial charge in [0.1, 0.15) is 6.07 Å². The molecule has 0 atom stereocenters. The fourth-order valence-corrected chi connectivity index (χ4v) is 2.46. The Morgan fingerprint density at radius 1 is 1.20 bits per heavy atom. The third-order valence-corrected chi connectivity index (χ3v) is 3.83. The van der Waals surface area contributed by atoms with Crippen molar-refractivity contribution in [1.82, 2.24) is 4.98 Å². The molecule has 0 aliphatic rings. The van der Waals surface area contributed by atoms with Gasteiger partial charge in [0.25, 0.3) is 0 Å². The summed E-state index contributed by atoms with van der Waals surface area (Å²) < 4.78 is 0. The summed E-state index contributed by atoms with van der Waals surface area (Å²) in [5.74, 6) is 0. The normalized spacial score (nSPS) is 10.1. The van der Waals surface area contributed by atoms with E-state index in [-0.39, 0.29) is 0 Å². The number of rotatable bonds is 5. The van der Waals surface area contributed by atoms with E-state index in [0.29, 0.717) is 0 Å². The van der Waals surface area contributed by atoms with Crippen molar-refractivity contribution in [1.29, 1.82) is 5.26 Å². The largest absolute Gasteiger partial charge is 0.366 e. The van der Waals surface area contributed by atoms with Crippen LogP contribution in [-0.4, -0.2) is 11.5 Å². The summed E-state index contributed by atoms with van der Waals surface area (Å²) in [5, 5.41) is 10.1. The van der Waals surface area contributed by atoms with E-state index in [9.17, 15) is 5.26 Å². The van der Waals surface area contributed by atoms with Crippen LogP contribution in [0.4, 0.5) is 5.69 Å². The molecule has 2 rings (SSSR count). The van der Waals surface area contributed by atoms with Crippen LogP contribution >= 0.6 is 15.9 Å². The molecule has 0 saturated heterocycles. The van der Waals surface area contributed by atoms with E-state index >= 15 is 0 Å². The lowest BCUT2D eigenvalue weighted by molar-refractivity contribution is 0.828. The molecule has 1 aromatic heterocycles. The van der Waals surface area contributed by atoms with Gasteiger partial charge in [-0.1, -0.05) is 22.0 Å². The minimum absolute atomic E-state index is 0.720. The zero-order valence-electron chi connectivity index (χ0n) is 11.4. The summed E-state index contributed by atoms with van der Waals surface area (Å²) in [6.07, 6.45) is 3.59. The molecule has 0 saturated carbocycles. The van der Waals surface area contributed by atoms with Gasteiger partial charge in [-0.2, -0.15) is 5.26 Å². The molecule has 3 nitrogen and oxygen atoms in total. The van der Waals surface area contributed by atoms with Crippen LogP contribution in [0, 0.1) is 11.3 Å². The Bertz CT molecular complexity index is 605. The highest BCUT2D eigenvalue weighted by Gasteiger charge is 2.11. The molecule has 0 amide bonds. The smallest absolute Gasteiger partial charge is 0.101 e. The van der Waals surface area contributed by atoms with Crippen LogP contribution in [-0.2, 0) is 11.9 Å². The van der Waals surface area contributed by atoms with Gasteiger partial charge in [0.2, 0.25) is 0 Å². The van der Waals surface area contributed by atoms with Crippen molar-refractivity contribution in [2.75, 3.05) is 11.4 Å². The van der Waals surface area contributed by atoms with E-state index in [0.717, 1.165) is 35.2 Å². The minimum Gasteiger partial charge on any atom is -0.366 e. The Morgan fingerprint density at radius 2 is 1.95 bits per heavy atom. The van der Waals surface area contributed by atoms with E-state index in [1.54, 1.807) is 12.4 Å². The van der Waals surface area contributed by atoms with Crippen molar-refractivity contribution in [3.8, 4) is 6.07 Å². The Balaban J connectivity index is 2.30. The molecule has 4 heteroatoms. The van der Waals surface area contributed by atoms with E-state index < -0.39 is 0 Å². The van der Waals surface area contributed by atoms with Gasteiger partial charge in [-0.3, -0.25) is 4.98 Å². The maximum absolute atomic E-state index is 9.35. The van der Waals surface area contributed by atoms with Crippen molar-refractivity contribution >= 4 is 21.6 Å². The topological polar surface area (TPSA) is 39.9 Å². The first-order chi connectivity index (χ1) is 9.78. The number of nitrogens with zero attached hydrogens (tertiary/aromatic N) is 3. The highest BCUT2D eigenvalue weighted by Crippen LogP contribution is 2.24. The number of hydrogen-bond donors (Lipinski definition) is 0. The molecule has 0 bridgehead atoms. The number of benzene rings is 1. The number of aromatic nitrogens is 1. The Morgan fingerprint density at radius 3 is 2.55 bits per heavy atom. The number of alkyl halides is 1. The first kappa shape index (κ1) is 14.5. The van der Waals surface area contributed by atoms with Crippen molar-refractivity contribution in [3.05, 3.63) is 59.4 Å². The molecule has 1 aromatic carbocycles. The third kappa shape index (κ3) is 3.37. The second kappa shape index (κ2) is 7.06. The number of anilines is 1. The fraction of sp³-hybridized carbons (Fsp3) is 0.250. The highest BCUT2D eigenvalue weighted by atomic mass is 79.9. The van der Waals surface area contributed by atoms with Crippen LogP contribution in [0.1, 0.15) is 23.6 Å². The molecule has 102 valence electrons. The second-order valence-electron chi connectivity index (χ2n) is 4.47. The summed E-state index contributed by atoms with van der Waals surface area (Å²) in [7, 11) is 0. The van der Waals surface area contributed by atoms with Gasteiger partial charge in [-0.05, 0) is 42.3 Å². The SMILES string of the molecule is CCN(Cc1ccncc1)c1ccc(CBr)cc1C#N. The predicted molar refractivity (Wildman–Crippen MR) is 84.7 cm³/mol. The Kier molecular flexibility index (Phi) is 5.14. The molecule has 1 heterocycles. The molecule has 0 aliphatic heterocycles. The van der Waals surface area contributed by atoms with Crippen molar-refractivity contribution < 1.29 is 0 Å². The van der Waals surface area contributed by atoms with Gasteiger partial charge < -0.3 is 4.90 Å². The van der Waals surface area contributed by atoms with Gasteiger partial charge in [0.05, 0.1) is 11.3 Å². The average Bonchev–Trinajstić information content (AvgIpc) is 2.53.